The molecule has 2 aliphatic rings. The van der Waals surface area contributed by atoms with Gasteiger partial charge in [-0.2, -0.15) is 11.8 Å². The quantitative estimate of drug-likeness (QED) is 0.331. The standard InChI is InChI=1S/C20H31N3O2S.HI/c1-21-20(23-14-17-8-5-11-26-17)22-13-15-9-10-18(19(12-15)24-2)25-16-6-3-4-7-16;/h9-10,12,16-17H,3-8,11,13-14H2,1-2H3,(H2,21,22,23);1H. The highest BCUT2D eigenvalue weighted by Gasteiger charge is 2.19. The number of nitrogens with one attached hydrogen (secondary N) is 2. The zero-order valence-corrected chi connectivity index (χ0v) is 19.5. The van der Waals surface area contributed by atoms with Crippen molar-refractivity contribution in [1.82, 2.24) is 10.6 Å². The molecule has 27 heavy (non-hydrogen) atoms. The van der Waals surface area contributed by atoms with Crippen LogP contribution in [-0.2, 0) is 6.54 Å². The van der Waals surface area contributed by atoms with Crippen LogP contribution in [0.4, 0.5) is 0 Å². The molecule has 1 saturated heterocycles. The number of nitrogens with zero attached hydrogens (tertiary/aromatic N) is 1. The van der Waals surface area contributed by atoms with E-state index < -0.39 is 0 Å². The van der Waals surface area contributed by atoms with E-state index in [9.17, 15) is 0 Å². The molecule has 7 heteroatoms. The summed E-state index contributed by atoms with van der Waals surface area (Å²) in [6, 6.07) is 6.18. The number of benzene rings is 1. The highest BCUT2D eigenvalue weighted by atomic mass is 127. The third-order valence-corrected chi connectivity index (χ3v) is 6.43. The number of ether oxygens (including phenoxy) is 2. The Bertz CT molecular complexity index is 603. The Morgan fingerprint density at radius 3 is 2.63 bits per heavy atom. The fraction of sp³-hybridized carbons (Fsp3) is 0.650. The SMILES string of the molecule is CN=C(NCc1ccc(OC2CCCC2)c(OC)c1)NCC1CCCS1.I. The molecule has 1 unspecified atom stereocenters. The van der Waals surface area contributed by atoms with E-state index in [1.165, 1.54) is 31.4 Å². The van der Waals surface area contributed by atoms with E-state index in [2.05, 4.69) is 39.5 Å². The predicted molar refractivity (Wildman–Crippen MR) is 125 cm³/mol. The lowest BCUT2D eigenvalue weighted by Gasteiger charge is -2.18. The summed E-state index contributed by atoms with van der Waals surface area (Å²) in [5.74, 6) is 3.79. The summed E-state index contributed by atoms with van der Waals surface area (Å²) in [5, 5.41) is 7.53. The molecule has 1 aromatic rings. The monoisotopic (exact) mass is 505 g/mol. The second kappa shape index (κ2) is 11.9. The van der Waals surface area contributed by atoms with Gasteiger partial charge in [0.05, 0.1) is 13.2 Å². The van der Waals surface area contributed by atoms with Gasteiger partial charge < -0.3 is 20.1 Å². The van der Waals surface area contributed by atoms with E-state index in [1.54, 1.807) is 7.11 Å². The summed E-state index contributed by atoms with van der Waals surface area (Å²) in [6.07, 6.45) is 7.79. The summed E-state index contributed by atoms with van der Waals surface area (Å²) < 4.78 is 11.7. The molecule has 5 nitrogen and oxygen atoms in total. The topological polar surface area (TPSA) is 54.9 Å². The third kappa shape index (κ3) is 6.93. The maximum Gasteiger partial charge on any atom is 0.191 e. The molecule has 1 heterocycles. The van der Waals surface area contributed by atoms with E-state index in [0.29, 0.717) is 17.9 Å². The molecule has 2 fully saturated rings. The van der Waals surface area contributed by atoms with E-state index in [-0.39, 0.29) is 24.0 Å². The van der Waals surface area contributed by atoms with Crippen molar-refractivity contribution in [2.75, 3.05) is 26.5 Å². The Hall–Kier alpha value is -0.830. The minimum Gasteiger partial charge on any atom is -0.493 e. The second-order valence-corrected chi connectivity index (χ2v) is 8.36. The zero-order chi connectivity index (χ0) is 18.2. The van der Waals surface area contributed by atoms with Crippen LogP contribution in [-0.4, -0.2) is 43.8 Å². The average Bonchev–Trinajstić information content (AvgIpc) is 3.36. The summed E-state index contributed by atoms with van der Waals surface area (Å²) >= 11 is 2.05. The Labute approximate surface area is 184 Å². The minimum atomic E-state index is 0. The van der Waals surface area contributed by atoms with Crippen LogP contribution in [0.1, 0.15) is 44.1 Å². The molecule has 2 N–H and O–H groups in total. The zero-order valence-electron chi connectivity index (χ0n) is 16.3. The number of rotatable bonds is 7. The van der Waals surface area contributed by atoms with E-state index in [4.69, 9.17) is 9.47 Å². The first-order valence-electron chi connectivity index (χ1n) is 9.68. The molecular formula is C20H32IN3O2S. The minimum absolute atomic E-state index is 0. The number of hydrogen-bond donors (Lipinski definition) is 2. The van der Waals surface area contributed by atoms with Crippen LogP contribution < -0.4 is 20.1 Å². The summed E-state index contributed by atoms with van der Waals surface area (Å²) in [5.41, 5.74) is 1.15. The first-order chi connectivity index (χ1) is 12.8. The van der Waals surface area contributed by atoms with Gasteiger partial charge >= 0.3 is 0 Å². The highest BCUT2D eigenvalue weighted by molar-refractivity contribution is 14.0. The van der Waals surface area contributed by atoms with E-state index in [1.807, 2.05) is 13.1 Å². The molecule has 1 aromatic carbocycles. The number of methoxy groups -OCH3 is 1. The Kier molecular flexibility index (Phi) is 9.89. The first kappa shape index (κ1) is 22.5. The lowest BCUT2D eigenvalue weighted by atomic mass is 10.2. The molecule has 0 radical (unpaired) electrons. The molecule has 1 aliphatic heterocycles. The number of thioether (sulfide) groups is 1. The van der Waals surface area contributed by atoms with Gasteiger partial charge in [0.25, 0.3) is 0 Å². The average molecular weight is 505 g/mol. The third-order valence-electron chi connectivity index (χ3n) is 5.03. The molecular weight excluding hydrogens is 473 g/mol. The molecule has 0 bridgehead atoms. The lowest BCUT2D eigenvalue weighted by Crippen LogP contribution is -2.39. The Balaban J connectivity index is 0.00000261. The first-order valence-corrected chi connectivity index (χ1v) is 10.7. The van der Waals surface area contributed by atoms with E-state index >= 15 is 0 Å². The van der Waals surface area contributed by atoms with E-state index in [0.717, 1.165) is 42.4 Å². The molecule has 152 valence electrons. The van der Waals surface area contributed by atoms with Gasteiger partial charge in [-0.05, 0) is 62.0 Å². The summed E-state index contributed by atoms with van der Waals surface area (Å²) in [4.78, 5) is 4.32. The van der Waals surface area contributed by atoms with Crippen molar-refractivity contribution in [3.63, 3.8) is 0 Å². The summed E-state index contributed by atoms with van der Waals surface area (Å²) in [6.45, 7) is 1.68. The fourth-order valence-electron chi connectivity index (χ4n) is 3.53. The second-order valence-electron chi connectivity index (χ2n) is 6.95. The smallest absolute Gasteiger partial charge is 0.191 e. The molecule has 1 aliphatic carbocycles. The number of hydrogen-bond acceptors (Lipinski definition) is 4. The summed E-state index contributed by atoms with van der Waals surface area (Å²) in [7, 11) is 3.52. The largest absolute Gasteiger partial charge is 0.493 e. The van der Waals surface area contributed by atoms with Crippen molar-refractivity contribution >= 4 is 41.7 Å². The molecule has 3 rings (SSSR count). The van der Waals surface area contributed by atoms with Crippen LogP contribution in [0, 0.1) is 0 Å². The van der Waals surface area contributed by atoms with Gasteiger partial charge in [0, 0.05) is 25.4 Å². The van der Waals surface area contributed by atoms with Crippen molar-refractivity contribution in [2.45, 2.75) is 56.4 Å². The van der Waals surface area contributed by atoms with Crippen molar-refractivity contribution in [3.05, 3.63) is 23.8 Å². The lowest BCUT2D eigenvalue weighted by molar-refractivity contribution is 0.200. The van der Waals surface area contributed by atoms with Gasteiger partial charge in [-0.15, -0.1) is 24.0 Å². The van der Waals surface area contributed by atoms with Gasteiger partial charge in [0.15, 0.2) is 17.5 Å². The molecule has 1 saturated carbocycles. The van der Waals surface area contributed by atoms with Crippen LogP contribution in [0.3, 0.4) is 0 Å². The Morgan fingerprint density at radius 2 is 1.96 bits per heavy atom. The number of halogens is 1. The van der Waals surface area contributed by atoms with Gasteiger partial charge in [-0.3, -0.25) is 4.99 Å². The van der Waals surface area contributed by atoms with Crippen LogP contribution >= 0.6 is 35.7 Å². The molecule has 0 amide bonds. The predicted octanol–water partition coefficient (Wildman–Crippen LogP) is 4.20. The molecule has 0 spiro atoms. The molecule has 1 atom stereocenters. The van der Waals surface area contributed by atoms with Crippen LogP contribution in [0.15, 0.2) is 23.2 Å². The number of aliphatic imine (C=N–C) groups is 1. The van der Waals surface area contributed by atoms with Crippen LogP contribution in [0.25, 0.3) is 0 Å². The van der Waals surface area contributed by atoms with Crippen LogP contribution in [0.2, 0.25) is 0 Å². The van der Waals surface area contributed by atoms with Gasteiger partial charge in [0.2, 0.25) is 0 Å². The Morgan fingerprint density at radius 1 is 1.15 bits per heavy atom. The van der Waals surface area contributed by atoms with Gasteiger partial charge in [-0.1, -0.05) is 6.07 Å². The van der Waals surface area contributed by atoms with Crippen molar-refractivity contribution in [1.29, 1.82) is 0 Å². The number of guanidine groups is 1. The fourth-order valence-corrected chi connectivity index (χ4v) is 4.73. The normalized spacial score (nSPS) is 20.2. The van der Waals surface area contributed by atoms with Crippen LogP contribution in [0.5, 0.6) is 11.5 Å². The maximum absolute atomic E-state index is 6.11. The van der Waals surface area contributed by atoms with Gasteiger partial charge in [-0.25, -0.2) is 0 Å². The molecule has 0 aromatic heterocycles. The maximum atomic E-state index is 6.11. The van der Waals surface area contributed by atoms with Crippen molar-refractivity contribution in [2.24, 2.45) is 4.99 Å². The van der Waals surface area contributed by atoms with Crippen molar-refractivity contribution in [3.8, 4) is 11.5 Å². The van der Waals surface area contributed by atoms with Gasteiger partial charge in [0.1, 0.15) is 0 Å². The van der Waals surface area contributed by atoms with Crippen molar-refractivity contribution < 1.29 is 9.47 Å². The highest BCUT2D eigenvalue weighted by Crippen LogP contribution is 2.32.